The lowest BCUT2D eigenvalue weighted by atomic mass is 10.0. The fourth-order valence-corrected chi connectivity index (χ4v) is 4.13. The molecule has 1 aliphatic heterocycles. The maximum Gasteiger partial charge on any atom is 0.266 e. The topological polar surface area (TPSA) is 60.4 Å². The zero-order valence-corrected chi connectivity index (χ0v) is 15.7. The first-order valence-corrected chi connectivity index (χ1v) is 9.26. The van der Waals surface area contributed by atoms with Crippen LogP contribution in [0.2, 0.25) is 0 Å². The largest absolute Gasteiger partial charge is 0.548 e. The number of carbonyl (C=O) groups is 2. The van der Waals surface area contributed by atoms with Crippen molar-refractivity contribution >= 4 is 46.3 Å². The molecule has 0 N–H and O–H groups in total. The van der Waals surface area contributed by atoms with Crippen LogP contribution in [-0.2, 0) is 16.0 Å². The molecule has 26 heavy (non-hydrogen) atoms. The molecule has 3 rings (SSSR count). The Labute approximate surface area is 161 Å². The molecule has 0 aromatic heterocycles. The van der Waals surface area contributed by atoms with Gasteiger partial charge in [-0.2, -0.15) is 0 Å². The van der Waals surface area contributed by atoms with Gasteiger partial charge in [0.2, 0.25) is 0 Å². The van der Waals surface area contributed by atoms with Gasteiger partial charge in [-0.15, -0.1) is 0 Å². The van der Waals surface area contributed by atoms with Crippen molar-refractivity contribution in [2.75, 3.05) is 0 Å². The third kappa shape index (κ3) is 4.03. The highest BCUT2D eigenvalue weighted by Gasteiger charge is 2.37. The molecular weight excluding hydrogens is 366 g/mol. The Kier molecular flexibility index (Phi) is 5.54. The van der Waals surface area contributed by atoms with Gasteiger partial charge in [0.05, 0.1) is 16.9 Å². The minimum Gasteiger partial charge on any atom is -0.548 e. The number of aryl methyl sites for hydroxylation is 1. The Balaban J connectivity index is 1.88. The predicted octanol–water partition coefficient (Wildman–Crippen LogP) is 2.56. The first-order chi connectivity index (χ1) is 12.5. The van der Waals surface area contributed by atoms with Gasteiger partial charge in [-0.05, 0) is 30.5 Å². The summed E-state index contributed by atoms with van der Waals surface area (Å²) < 4.78 is 0.235. The van der Waals surface area contributed by atoms with E-state index in [0.717, 1.165) is 33.4 Å². The highest BCUT2D eigenvalue weighted by Crippen LogP contribution is 2.34. The van der Waals surface area contributed by atoms with Gasteiger partial charge < -0.3 is 9.90 Å². The van der Waals surface area contributed by atoms with Crippen molar-refractivity contribution in [3.8, 4) is 0 Å². The first-order valence-electron chi connectivity index (χ1n) is 8.04. The lowest BCUT2D eigenvalue weighted by Gasteiger charge is -2.27. The van der Waals surface area contributed by atoms with E-state index < -0.39 is 17.9 Å². The Morgan fingerprint density at radius 1 is 1.23 bits per heavy atom. The van der Waals surface area contributed by atoms with E-state index in [9.17, 15) is 14.7 Å². The summed E-state index contributed by atoms with van der Waals surface area (Å²) in [6.45, 7) is 1.97. The number of rotatable bonds is 5. The van der Waals surface area contributed by atoms with Crippen LogP contribution in [0.5, 0.6) is 0 Å². The summed E-state index contributed by atoms with van der Waals surface area (Å²) in [6.07, 6.45) is 1.88. The Bertz CT molecular complexity index is 893. The third-order valence-electron chi connectivity index (χ3n) is 4.02. The van der Waals surface area contributed by atoms with E-state index in [-0.39, 0.29) is 10.7 Å². The van der Waals surface area contributed by atoms with Gasteiger partial charge in [-0.25, -0.2) is 0 Å². The van der Waals surface area contributed by atoms with E-state index in [2.05, 4.69) is 0 Å². The molecule has 0 aliphatic carbocycles. The fraction of sp³-hybridized carbons (Fsp3) is 0.150. The van der Waals surface area contributed by atoms with E-state index in [4.69, 9.17) is 12.2 Å². The highest BCUT2D eigenvalue weighted by molar-refractivity contribution is 8.26. The van der Waals surface area contributed by atoms with Crippen molar-refractivity contribution in [2.45, 2.75) is 19.4 Å². The molecule has 0 radical (unpaired) electrons. The van der Waals surface area contributed by atoms with E-state index in [1.807, 2.05) is 61.5 Å². The van der Waals surface area contributed by atoms with Gasteiger partial charge >= 0.3 is 0 Å². The summed E-state index contributed by atoms with van der Waals surface area (Å²) in [4.78, 5) is 26.1. The van der Waals surface area contributed by atoms with Gasteiger partial charge in [0.25, 0.3) is 5.91 Å². The molecule has 1 fully saturated rings. The van der Waals surface area contributed by atoms with Crippen molar-refractivity contribution < 1.29 is 14.7 Å². The van der Waals surface area contributed by atoms with Crippen LogP contribution in [0.3, 0.4) is 0 Å². The van der Waals surface area contributed by atoms with Crippen LogP contribution in [-0.4, -0.2) is 27.1 Å². The van der Waals surface area contributed by atoms with Crippen molar-refractivity contribution in [2.24, 2.45) is 0 Å². The predicted molar refractivity (Wildman–Crippen MR) is 105 cm³/mol. The van der Waals surface area contributed by atoms with E-state index in [0.29, 0.717) is 4.91 Å². The first kappa shape index (κ1) is 18.4. The summed E-state index contributed by atoms with van der Waals surface area (Å²) in [5, 5.41) is 11.7. The number of benzene rings is 2. The average molecular weight is 382 g/mol. The molecule has 0 bridgehead atoms. The summed E-state index contributed by atoms with van der Waals surface area (Å²) in [5.74, 6) is -1.71. The number of carbonyl (C=O) groups excluding carboxylic acids is 2. The molecular formula is C20H16NO3S2-. The van der Waals surface area contributed by atoms with Crippen molar-refractivity contribution in [1.29, 1.82) is 0 Å². The number of carboxylic acid groups (broad SMARTS) is 1. The second-order valence-electron chi connectivity index (χ2n) is 5.99. The second kappa shape index (κ2) is 7.85. The van der Waals surface area contributed by atoms with E-state index in [1.165, 1.54) is 0 Å². The lowest BCUT2D eigenvalue weighted by molar-refractivity contribution is -0.310. The molecule has 1 heterocycles. The van der Waals surface area contributed by atoms with Gasteiger partial charge in [0, 0.05) is 0 Å². The Morgan fingerprint density at radius 3 is 2.62 bits per heavy atom. The Morgan fingerprint density at radius 2 is 1.96 bits per heavy atom. The quantitative estimate of drug-likeness (QED) is 0.588. The molecule has 1 aliphatic rings. The monoisotopic (exact) mass is 382 g/mol. The van der Waals surface area contributed by atoms with Gasteiger partial charge in [-0.1, -0.05) is 84.1 Å². The standard InChI is InChI=1S/C20H17NO3S2/c1-13-6-5-9-15(10-13)12-17-18(22)21(20(25)26-17)16(19(23)24)11-14-7-3-2-4-8-14/h2-10,12,16H,11H2,1H3,(H,23,24)/p-1/b17-12-/t16-/m0/s1. The van der Waals surface area contributed by atoms with Crippen LogP contribution in [0.4, 0.5) is 0 Å². The SMILES string of the molecule is Cc1cccc(/C=C2\SC(=S)N([C@@H](Cc3ccccc3)C(=O)[O-])C2=O)c1. The van der Waals surface area contributed by atoms with Crippen LogP contribution in [0.1, 0.15) is 16.7 Å². The van der Waals surface area contributed by atoms with Crippen LogP contribution in [0.25, 0.3) is 6.08 Å². The minimum atomic E-state index is -1.32. The summed E-state index contributed by atoms with van der Waals surface area (Å²) in [5.41, 5.74) is 2.75. The molecule has 0 unspecified atom stereocenters. The maximum atomic E-state index is 12.8. The number of thiocarbonyl (C=S) groups is 1. The van der Waals surface area contributed by atoms with Gasteiger partial charge in [-0.3, -0.25) is 9.69 Å². The van der Waals surface area contributed by atoms with Crippen LogP contribution in [0, 0.1) is 6.92 Å². The molecule has 0 spiro atoms. The van der Waals surface area contributed by atoms with Crippen molar-refractivity contribution in [3.05, 3.63) is 76.2 Å². The molecule has 1 amide bonds. The summed E-state index contributed by atoms with van der Waals surface area (Å²) in [7, 11) is 0. The normalized spacial score (nSPS) is 17.0. The zero-order chi connectivity index (χ0) is 18.7. The second-order valence-corrected chi connectivity index (χ2v) is 7.67. The Hall–Kier alpha value is -2.44. The highest BCUT2D eigenvalue weighted by atomic mass is 32.2. The average Bonchev–Trinajstić information content (AvgIpc) is 2.87. The zero-order valence-electron chi connectivity index (χ0n) is 14.0. The van der Waals surface area contributed by atoms with Crippen molar-refractivity contribution in [1.82, 2.24) is 4.90 Å². The number of amides is 1. The van der Waals surface area contributed by atoms with Crippen LogP contribution >= 0.6 is 24.0 Å². The summed E-state index contributed by atoms with van der Waals surface area (Å²) >= 11 is 6.40. The van der Waals surface area contributed by atoms with E-state index in [1.54, 1.807) is 6.08 Å². The number of hydrogen-bond acceptors (Lipinski definition) is 5. The molecule has 1 saturated heterocycles. The summed E-state index contributed by atoms with van der Waals surface area (Å²) in [6, 6.07) is 15.7. The number of aliphatic carboxylic acids is 1. The smallest absolute Gasteiger partial charge is 0.266 e. The molecule has 4 nitrogen and oxygen atoms in total. The third-order valence-corrected chi connectivity index (χ3v) is 5.35. The molecule has 6 heteroatoms. The van der Waals surface area contributed by atoms with Gasteiger partial charge in [0.15, 0.2) is 0 Å². The molecule has 2 aromatic rings. The number of nitrogens with zero attached hydrogens (tertiary/aromatic N) is 1. The molecule has 1 atom stereocenters. The van der Waals surface area contributed by atoms with Crippen molar-refractivity contribution in [3.63, 3.8) is 0 Å². The van der Waals surface area contributed by atoms with Crippen LogP contribution < -0.4 is 5.11 Å². The fourth-order valence-electron chi connectivity index (χ4n) is 2.78. The van der Waals surface area contributed by atoms with E-state index >= 15 is 0 Å². The lowest BCUT2D eigenvalue weighted by Crippen LogP contribution is -2.51. The minimum absolute atomic E-state index is 0.146. The van der Waals surface area contributed by atoms with Gasteiger partial charge in [0.1, 0.15) is 4.32 Å². The molecule has 0 saturated carbocycles. The number of carboxylic acids is 1. The molecule has 132 valence electrons. The number of hydrogen-bond donors (Lipinski definition) is 0. The molecule has 2 aromatic carbocycles. The number of thioether (sulfide) groups is 1. The van der Waals surface area contributed by atoms with Crippen LogP contribution in [0.15, 0.2) is 59.5 Å². The maximum absolute atomic E-state index is 12.8.